The summed E-state index contributed by atoms with van der Waals surface area (Å²) in [6.45, 7) is 4.34. The molecule has 0 aliphatic rings. The van der Waals surface area contributed by atoms with Gasteiger partial charge in [0, 0.05) is 0 Å². The van der Waals surface area contributed by atoms with Gasteiger partial charge in [-0.3, -0.25) is 14.5 Å². The number of hydrogen-bond donors (Lipinski definition) is 0. The summed E-state index contributed by atoms with van der Waals surface area (Å²) in [4.78, 5) is 24.1. The van der Waals surface area contributed by atoms with E-state index in [2.05, 4.69) is 15.5 Å². The van der Waals surface area contributed by atoms with Crippen LogP contribution in [0.5, 0.6) is 0 Å². The zero-order valence-electron chi connectivity index (χ0n) is 12.1. The molecule has 0 amide bonds. The van der Waals surface area contributed by atoms with Gasteiger partial charge in [-0.25, -0.2) is 0 Å². The molecule has 0 aromatic carbocycles. The Morgan fingerprint density at radius 1 is 1.16 bits per heavy atom. The molecule has 6 heteroatoms. The molecule has 0 atom stereocenters. The molecule has 19 heavy (non-hydrogen) atoms. The number of ether oxygens (including phenoxy) is 2. The fourth-order valence-electron chi connectivity index (χ4n) is 1.51. The van der Waals surface area contributed by atoms with E-state index < -0.39 is 17.4 Å². The molecule has 0 heterocycles. The van der Waals surface area contributed by atoms with Crippen molar-refractivity contribution in [2.24, 2.45) is 5.41 Å². The molecule has 0 unspecified atom stereocenters. The molecule has 0 saturated heterocycles. The van der Waals surface area contributed by atoms with Gasteiger partial charge in [-0.2, -0.15) is 5.26 Å². The lowest BCUT2D eigenvalue weighted by atomic mass is 9.90. The van der Waals surface area contributed by atoms with Crippen molar-refractivity contribution >= 4 is 11.9 Å². The van der Waals surface area contributed by atoms with Gasteiger partial charge < -0.3 is 9.47 Å². The van der Waals surface area contributed by atoms with Crippen molar-refractivity contribution in [3.8, 4) is 6.07 Å². The Morgan fingerprint density at radius 2 is 1.63 bits per heavy atom. The first-order valence-electron chi connectivity index (χ1n) is 6.12. The number of nitrogens with zero attached hydrogens (tertiary/aromatic N) is 2. The van der Waals surface area contributed by atoms with Gasteiger partial charge in [0.15, 0.2) is 0 Å². The van der Waals surface area contributed by atoms with Crippen molar-refractivity contribution in [1.29, 1.82) is 5.26 Å². The lowest BCUT2D eigenvalue weighted by molar-refractivity contribution is -0.145. The van der Waals surface area contributed by atoms with Crippen LogP contribution in [0, 0.1) is 16.7 Å². The lowest BCUT2D eigenvalue weighted by Crippen LogP contribution is -2.36. The van der Waals surface area contributed by atoms with Crippen molar-refractivity contribution < 1.29 is 19.1 Å². The van der Waals surface area contributed by atoms with Crippen LogP contribution in [0.1, 0.15) is 26.7 Å². The molecule has 0 aromatic heterocycles. The van der Waals surface area contributed by atoms with Crippen molar-refractivity contribution in [2.75, 3.05) is 33.9 Å². The van der Waals surface area contributed by atoms with Crippen LogP contribution in [-0.4, -0.2) is 50.7 Å². The molecule has 0 aliphatic carbocycles. The predicted molar refractivity (Wildman–Crippen MR) is 69.1 cm³/mol. The van der Waals surface area contributed by atoms with Gasteiger partial charge >= 0.3 is 11.9 Å². The maximum absolute atomic E-state index is 11.2. The minimum Gasteiger partial charge on any atom is -0.468 e. The van der Waals surface area contributed by atoms with Gasteiger partial charge in [0.25, 0.3) is 0 Å². The van der Waals surface area contributed by atoms with E-state index in [0.717, 1.165) is 0 Å². The summed E-state index contributed by atoms with van der Waals surface area (Å²) >= 11 is 0. The van der Waals surface area contributed by atoms with E-state index in [1.54, 1.807) is 4.90 Å². The summed E-state index contributed by atoms with van der Waals surface area (Å²) in [7, 11) is 2.61. The van der Waals surface area contributed by atoms with Crippen molar-refractivity contribution in [3.05, 3.63) is 0 Å². The highest BCUT2D eigenvalue weighted by Gasteiger charge is 2.19. The van der Waals surface area contributed by atoms with Crippen molar-refractivity contribution in [3.63, 3.8) is 0 Å². The molecule has 0 bridgehead atoms. The third-order valence-electron chi connectivity index (χ3n) is 2.74. The van der Waals surface area contributed by atoms with Gasteiger partial charge in [0.05, 0.1) is 38.8 Å². The Morgan fingerprint density at radius 3 is 2.00 bits per heavy atom. The maximum atomic E-state index is 11.2. The van der Waals surface area contributed by atoms with E-state index in [9.17, 15) is 9.59 Å². The molecule has 0 aromatic rings. The van der Waals surface area contributed by atoms with Crippen LogP contribution < -0.4 is 0 Å². The minimum absolute atomic E-state index is 0.0403. The summed E-state index contributed by atoms with van der Waals surface area (Å²) in [5.41, 5.74) is -0.401. The number of carbonyl (C=O) groups excluding carboxylic acids is 2. The third kappa shape index (κ3) is 8.16. The average molecular weight is 270 g/mol. The standard InChI is InChI=1S/C13H22N2O4/c1-13(2,10-14)6-5-7-15(8-11(16)18-3)9-12(17)19-4/h5-9H2,1-4H3. The number of esters is 2. The second-order valence-corrected chi connectivity index (χ2v) is 4.96. The highest BCUT2D eigenvalue weighted by atomic mass is 16.5. The monoisotopic (exact) mass is 270 g/mol. The first-order chi connectivity index (χ1) is 8.84. The van der Waals surface area contributed by atoms with Crippen LogP contribution in [0.4, 0.5) is 0 Å². The SMILES string of the molecule is COC(=O)CN(CCCC(C)(C)C#N)CC(=O)OC. The van der Waals surface area contributed by atoms with E-state index in [1.165, 1.54) is 14.2 Å². The Kier molecular flexibility index (Phi) is 7.77. The van der Waals surface area contributed by atoms with Gasteiger partial charge in [-0.05, 0) is 33.2 Å². The Balaban J connectivity index is 4.30. The second kappa shape index (κ2) is 8.48. The van der Waals surface area contributed by atoms with Crippen LogP contribution in [0.15, 0.2) is 0 Å². The fourth-order valence-corrected chi connectivity index (χ4v) is 1.51. The largest absolute Gasteiger partial charge is 0.468 e. The normalized spacial score (nSPS) is 10.9. The lowest BCUT2D eigenvalue weighted by Gasteiger charge is -2.21. The molecule has 0 rings (SSSR count). The van der Waals surface area contributed by atoms with Gasteiger partial charge in [0.1, 0.15) is 0 Å². The number of methoxy groups -OCH3 is 2. The maximum Gasteiger partial charge on any atom is 0.319 e. The quantitative estimate of drug-likeness (QED) is 0.611. The number of rotatable bonds is 8. The smallest absolute Gasteiger partial charge is 0.319 e. The average Bonchev–Trinajstić information content (AvgIpc) is 2.37. The van der Waals surface area contributed by atoms with E-state index in [4.69, 9.17) is 5.26 Å². The summed E-state index contributed by atoms with van der Waals surface area (Å²) in [6.07, 6.45) is 1.41. The van der Waals surface area contributed by atoms with E-state index in [0.29, 0.717) is 19.4 Å². The predicted octanol–water partition coefficient (Wildman–Crippen LogP) is 0.964. The summed E-state index contributed by atoms with van der Waals surface area (Å²) < 4.78 is 9.16. The highest BCUT2D eigenvalue weighted by molar-refractivity contribution is 5.74. The van der Waals surface area contributed by atoms with Crippen LogP contribution in [-0.2, 0) is 19.1 Å². The zero-order chi connectivity index (χ0) is 14.9. The number of carbonyl (C=O) groups is 2. The Hall–Kier alpha value is -1.61. The summed E-state index contributed by atoms with van der Waals surface area (Å²) in [5.74, 6) is -0.799. The Bertz CT molecular complexity index is 329. The van der Waals surface area contributed by atoms with Crippen LogP contribution in [0.2, 0.25) is 0 Å². The van der Waals surface area contributed by atoms with E-state index in [1.807, 2.05) is 13.8 Å². The van der Waals surface area contributed by atoms with Crippen LogP contribution in [0.3, 0.4) is 0 Å². The molecular weight excluding hydrogens is 248 g/mol. The Labute approximate surface area is 114 Å². The topological polar surface area (TPSA) is 79.6 Å². The van der Waals surface area contributed by atoms with Crippen LogP contribution in [0.25, 0.3) is 0 Å². The number of nitriles is 1. The first kappa shape index (κ1) is 17.4. The molecule has 6 nitrogen and oxygen atoms in total. The molecule has 0 saturated carbocycles. The van der Waals surface area contributed by atoms with Crippen molar-refractivity contribution in [1.82, 2.24) is 4.90 Å². The molecule has 0 spiro atoms. The minimum atomic E-state index is -0.401. The third-order valence-corrected chi connectivity index (χ3v) is 2.74. The summed E-state index contributed by atoms with van der Waals surface area (Å²) in [6, 6.07) is 2.22. The zero-order valence-corrected chi connectivity index (χ0v) is 12.1. The number of hydrogen-bond acceptors (Lipinski definition) is 6. The van der Waals surface area contributed by atoms with E-state index >= 15 is 0 Å². The van der Waals surface area contributed by atoms with E-state index in [-0.39, 0.29) is 13.1 Å². The molecular formula is C13H22N2O4. The molecule has 0 aliphatic heterocycles. The second-order valence-electron chi connectivity index (χ2n) is 4.96. The fraction of sp³-hybridized carbons (Fsp3) is 0.769. The van der Waals surface area contributed by atoms with Gasteiger partial charge in [-0.15, -0.1) is 0 Å². The highest BCUT2D eigenvalue weighted by Crippen LogP contribution is 2.20. The summed E-state index contributed by atoms with van der Waals surface area (Å²) in [5, 5.41) is 8.91. The first-order valence-corrected chi connectivity index (χ1v) is 6.12. The molecule has 0 radical (unpaired) electrons. The molecule has 108 valence electrons. The molecule has 0 fully saturated rings. The van der Waals surface area contributed by atoms with Gasteiger partial charge in [-0.1, -0.05) is 0 Å². The van der Waals surface area contributed by atoms with Crippen molar-refractivity contribution in [2.45, 2.75) is 26.7 Å². The molecule has 0 N–H and O–H groups in total. The van der Waals surface area contributed by atoms with Crippen LogP contribution >= 0.6 is 0 Å². The van der Waals surface area contributed by atoms with Gasteiger partial charge in [0.2, 0.25) is 0 Å².